The first-order valence-corrected chi connectivity index (χ1v) is 9.37. The summed E-state index contributed by atoms with van der Waals surface area (Å²) in [7, 11) is 0. The molecule has 0 aliphatic heterocycles. The van der Waals surface area contributed by atoms with Gasteiger partial charge in [0.15, 0.2) is 5.78 Å². The largest absolute Gasteiger partial charge is 0.397 e. The summed E-state index contributed by atoms with van der Waals surface area (Å²) in [5, 5.41) is 2.84. The van der Waals surface area contributed by atoms with Gasteiger partial charge in [-0.1, -0.05) is 56.2 Å². The Balaban J connectivity index is 1.63. The Kier molecular flexibility index (Phi) is 7.87. The lowest BCUT2D eigenvalue weighted by atomic mass is 9.98. The zero-order valence-electron chi connectivity index (χ0n) is 15.5. The fourth-order valence-electron chi connectivity index (χ4n) is 2.98. The highest BCUT2D eigenvalue weighted by molar-refractivity contribution is 5.97. The van der Waals surface area contributed by atoms with Gasteiger partial charge in [0, 0.05) is 18.4 Å². The van der Waals surface area contributed by atoms with Crippen molar-refractivity contribution in [1.29, 1.82) is 0 Å². The van der Waals surface area contributed by atoms with Crippen LogP contribution in [0.1, 0.15) is 61.4 Å². The van der Waals surface area contributed by atoms with E-state index in [-0.39, 0.29) is 11.7 Å². The quantitative estimate of drug-likeness (QED) is 0.359. The minimum atomic E-state index is -0.0177. The number of hydrogen-bond donors (Lipinski definition) is 2. The number of aryl methyl sites for hydroxylation is 1. The van der Waals surface area contributed by atoms with Crippen LogP contribution in [-0.4, -0.2) is 11.7 Å². The van der Waals surface area contributed by atoms with Gasteiger partial charge in [0.25, 0.3) is 0 Å². The van der Waals surface area contributed by atoms with Crippen LogP contribution in [0.2, 0.25) is 0 Å². The van der Waals surface area contributed by atoms with Gasteiger partial charge in [0.05, 0.1) is 11.4 Å². The van der Waals surface area contributed by atoms with Crippen LogP contribution in [0.25, 0.3) is 0 Å². The number of amides is 1. The standard InChI is InChI=1S/C22H28N2O2/c1-2-17-11-7-8-12-18(17)21(25)15-5-3-4-6-16-22(26)24-20-14-10-9-13-19(20)23/h7-14H,2-6,15-16,23H2,1H3,(H,24,26). The zero-order valence-corrected chi connectivity index (χ0v) is 15.5. The molecule has 4 nitrogen and oxygen atoms in total. The lowest BCUT2D eigenvalue weighted by molar-refractivity contribution is -0.116. The van der Waals surface area contributed by atoms with Crippen molar-refractivity contribution in [3.8, 4) is 0 Å². The molecule has 0 aliphatic carbocycles. The van der Waals surface area contributed by atoms with Gasteiger partial charge in [-0.15, -0.1) is 0 Å². The third-order valence-electron chi connectivity index (χ3n) is 4.49. The lowest BCUT2D eigenvalue weighted by Crippen LogP contribution is -2.12. The van der Waals surface area contributed by atoms with Crippen molar-refractivity contribution in [1.82, 2.24) is 0 Å². The molecule has 0 unspecified atom stereocenters. The maximum absolute atomic E-state index is 12.3. The number of carbonyl (C=O) groups is 2. The molecule has 0 bridgehead atoms. The van der Waals surface area contributed by atoms with E-state index in [9.17, 15) is 9.59 Å². The summed E-state index contributed by atoms with van der Waals surface area (Å²) in [5.41, 5.74) is 9.03. The number of nitrogens with one attached hydrogen (secondary N) is 1. The molecular formula is C22H28N2O2. The molecule has 0 saturated heterocycles. The fourth-order valence-corrected chi connectivity index (χ4v) is 2.98. The van der Waals surface area contributed by atoms with Crippen LogP contribution in [0.3, 0.4) is 0 Å². The van der Waals surface area contributed by atoms with E-state index in [4.69, 9.17) is 5.73 Å². The van der Waals surface area contributed by atoms with E-state index < -0.39 is 0 Å². The van der Waals surface area contributed by atoms with Crippen LogP contribution in [0, 0.1) is 0 Å². The van der Waals surface area contributed by atoms with Crippen LogP contribution in [0.15, 0.2) is 48.5 Å². The Bertz CT molecular complexity index is 740. The molecule has 0 atom stereocenters. The highest BCUT2D eigenvalue weighted by Gasteiger charge is 2.09. The Labute approximate surface area is 155 Å². The number of rotatable bonds is 10. The number of para-hydroxylation sites is 2. The van der Waals surface area contributed by atoms with Gasteiger partial charge in [0.1, 0.15) is 0 Å². The Morgan fingerprint density at radius 3 is 2.27 bits per heavy atom. The average Bonchev–Trinajstić information content (AvgIpc) is 2.66. The van der Waals surface area contributed by atoms with Crippen LogP contribution in [0.4, 0.5) is 11.4 Å². The highest BCUT2D eigenvalue weighted by atomic mass is 16.1. The molecule has 0 heterocycles. The monoisotopic (exact) mass is 352 g/mol. The summed E-state index contributed by atoms with van der Waals surface area (Å²) in [6.45, 7) is 2.07. The summed E-state index contributed by atoms with van der Waals surface area (Å²) in [5.74, 6) is 0.204. The Hall–Kier alpha value is -2.62. The molecule has 0 aromatic heterocycles. The van der Waals surface area contributed by atoms with Crippen LogP contribution in [-0.2, 0) is 11.2 Å². The molecule has 2 rings (SSSR count). The van der Waals surface area contributed by atoms with Gasteiger partial charge < -0.3 is 11.1 Å². The van der Waals surface area contributed by atoms with Crippen molar-refractivity contribution >= 4 is 23.1 Å². The number of Topliss-reactive ketones (excluding diaryl/α,β-unsaturated/α-hetero) is 1. The summed E-state index contributed by atoms with van der Waals surface area (Å²) < 4.78 is 0. The molecule has 0 fully saturated rings. The summed E-state index contributed by atoms with van der Waals surface area (Å²) in [4.78, 5) is 24.3. The van der Waals surface area contributed by atoms with Gasteiger partial charge in [-0.05, 0) is 37.0 Å². The molecule has 138 valence electrons. The van der Waals surface area contributed by atoms with Gasteiger partial charge >= 0.3 is 0 Å². The van der Waals surface area contributed by atoms with E-state index in [1.165, 1.54) is 0 Å². The minimum Gasteiger partial charge on any atom is -0.397 e. The third-order valence-corrected chi connectivity index (χ3v) is 4.49. The zero-order chi connectivity index (χ0) is 18.8. The van der Waals surface area contributed by atoms with Crippen molar-refractivity contribution in [3.63, 3.8) is 0 Å². The lowest BCUT2D eigenvalue weighted by Gasteiger charge is -2.08. The fraction of sp³-hybridized carbons (Fsp3) is 0.364. The normalized spacial score (nSPS) is 10.5. The van der Waals surface area contributed by atoms with Gasteiger partial charge in [-0.2, -0.15) is 0 Å². The molecule has 1 amide bonds. The first kappa shape index (κ1) is 19.7. The molecule has 2 aromatic rings. The van der Waals surface area contributed by atoms with Gasteiger partial charge in [-0.3, -0.25) is 9.59 Å². The second-order valence-corrected chi connectivity index (χ2v) is 6.48. The van der Waals surface area contributed by atoms with Crippen molar-refractivity contribution in [2.75, 3.05) is 11.1 Å². The third kappa shape index (κ3) is 6.03. The topological polar surface area (TPSA) is 72.2 Å². The number of anilines is 2. The van der Waals surface area contributed by atoms with E-state index >= 15 is 0 Å². The second-order valence-electron chi connectivity index (χ2n) is 6.48. The molecule has 0 aliphatic rings. The maximum atomic E-state index is 12.3. The number of unbranched alkanes of at least 4 members (excludes halogenated alkanes) is 3. The minimum absolute atomic E-state index is 0.0177. The van der Waals surface area contributed by atoms with Crippen molar-refractivity contribution in [2.45, 2.75) is 51.9 Å². The smallest absolute Gasteiger partial charge is 0.224 e. The molecule has 0 spiro atoms. The number of benzene rings is 2. The predicted molar refractivity (Wildman–Crippen MR) is 107 cm³/mol. The number of carbonyl (C=O) groups excluding carboxylic acids is 2. The number of nitrogens with two attached hydrogens (primary N) is 1. The van der Waals surface area contributed by atoms with Crippen LogP contribution < -0.4 is 11.1 Å². The molecule has 4 heteroatoms. The first-order valence-electron chi connectivity index (χ1n) is 9.37. The van der Waals surface area contributed by atoms with Gasteiger partial charge in [-0.25, -0.2) is 0 Å². The van der Waals surface area contributed by atoms with E-state index in [0.717, 1.165) is 43.2 Å². The van der Waals surface area contributed by atoms with E-state index in [1.54, 1.807) is 12.1 Å². The highest BCUT2D eigenvalue weighted by Crippen LogP contribution is 2.18. The van der Waals surface area contributed by atoms with Crippen molar-refractivity contribution in [2.24, 2.45) is 0 Å². The predicted octanol–water partition coefficient (Wildman–Crippen LogP) is 4.99. The Morgan fingerprint density at radius 1 is 0.885 bits per heavy atom. The molecule has 0 radical (unpaired) electrons. The number of nitrogen functional groups attached to an aromatic ring is 1. The molecule has 3 N–H and O–H groups in total. The maximum Gasteiger partial charge on any atom is 0.224 e. The molecule has 26 heavy (non-hydrogen) atoms. The van der Waals surface area contributed by atoms with Crippen molar-refractivity contribution < 1.29 is 9.59 Å². The van der Waals surface area contributed by atoms with Crippen molar-refractivity contribution in [3.05, 3.63) is 59.7 Å². The summed E-state index contributed by atoms with van der Waals surface area (Å²) in [6, 6.07) is 15.1. The molecule has 2 aromatic carbocycles. The molecule has 0 saturated carbocycles. The number of hydrogen-bond acceptors (Lipinski definition) is 3. The second kappa shape index (κ2) is 10.4. The first-order chi connectivity index (χ1) is 12.6. The van der Waals surface area contributed by atoms with E-state index in [2.05, 4.69) is 12.2 Å². The summed E-state index contributed by atoms with van der Waals surface area (Å²) >= 11 is 0. The van der Waals surface area contributed by atoms with Crippen LogP contribution >= 0.6 is 0 Å². The van der Waals surface area contributed by atoms with E-state index in [0.29, 0.717) is 24.2 Å². The summed E-state index contributed by atoms with van der Waals surface area (Å²) in [6.07, 6.45) is 5.51. The van der Waals surface area contributed by atoms with E-state index in [1.807, 2.05) is 36.4 Å². The number of ketones is 1. The van der Waals surface area contributed by atoms with Crippen LogP contribution in [0.5, 0.6) is 0 Å². The van der Waals surface area contributed by atoms with Gasteiger partial charge in [0.2, 0.25) is 5.91 Å². The Morgan fingerprint density at radius 2 is 1.54 bits per heavy atom. The average molecular weight is 352 g/mol. The molecular weight excluding hydrogens is 324 g/mol. The SMILES string of the molecule is CCc1ccccc1C(=O)CCCCCCC(=O)Nc1ccccc1N.